The van der Waals surface area contributed by atoms with Gasteiger partial charge in [0.1, 0.15) is 24.2 Å². The fraction of sp³-hybridized carbons (Fsp3) is 0.333. The van der Waals surface area contributed by atoms with Crippen LogP contribution in [-0.4, -0.2) is 56.3 Å². The zero-order valence-electron chi connectivity index (χ0n) is 24.4. The Kier molecular flexibility index (Phi) is 11.2. The molecule has 0 saturated heterocycles. The molecule has 0 aliphatic rings. The number of nitrogens with one attached hydrogen (secondary N) is 1. The van der Waals surface area contributed by atoms with Crippen LogP contribution in [0.25, 0.3) is 0 Å². The number of hydrogen-bond donors (Lipinski definition) is 1. The number of rotatable bonds is 14. The van der Waals surface area contributed by atoms with Crippen molar-refractivity contribution >= 4 is 33.2 Å². The van der Waals surface area contributed by atoms with E-state index in [1.807, 2.05) is 6.92 Å². The van der Waals surface area contributed by atoms with E-state index >= 15 is 0 Å². The Balaban J connectivity index is 2.08. The second kappa shape index (κ2) is 14.6. The van der Waals surface area contributed by atoms with Gasteiger partial charge in [-0.2, -0.15) is 0 Å². The number of carbonyl (C=O) groups excluding carboxylic acids is 2. The summed E-state index contributed by atoms with van der Waals surface area (Å²) in [6, 6.07) is 14.0. The number of sulfonamides is 1. The third-order valence-corrected chi connectivity index (χ3v) is 8.67. The van der Waals surface area contributed by atoms with Gasteiger partial charge in [0.15, 0.2) is 0 Å². The molecule has 0 spiro atoms. The van der Waals surface area contributed by atoms with Crippen LogP contribution in [0.3, 0.4) is 0 Å². The van der Waals surface area contributed by atoms with Crippen LogP contribution in [-0.2, 0) is 26.2 Å². The van der Waals surface area contributed by atoms with Gasteiger partial charge in [0.25, 0.3) is 15.7 Å². The quantitative estimate of drug-likeness (QED) is 0.159. The Labute approximate surface area is 250 Å². The van der Waals surface area contributed by atoms with Crippen LogP contribution in [0.1, 0.15) is 37.8 Å². The van der Waals surface area contributed by atoms with Crippen LogP contribution in [0.15, 0.2) is 71.6 Å². The Morgan fingerprint density at radius 1 is 1.09 bits per heavy atom. The standard InChI is InChI=1S/C30H35FN4O7S/c1-5-6-17-32-30(37)22(3)33(19-23-9-7-8-10-27(23)31)29(36)20-34(24-12-14-25(42-4)15-13-24)43(40,41)26-16-11-21(2)28(18-26)35(38)39/h7-16,18,22H,5-6,17,19-20H2,1-4H3,(H,32,37). The van der Waals surface area contributed by atoms with Gasteiger partial charge >= 0.3 is 0 Å². The molecule has 1 atom stereocenters. The Morgan fingerprint density at radius 3 is 2.37 bits per heavy atom. The van der Waals surface area contributed by atoms with Crippen LogP contribution in [0, 0.1) is 22.9 Å². The summed E-state index contributed by atoms with van der Waals surface area (Å²) in [4.78, 5) is 38.5. The summed E-state index contributed by atoms with van der Waals surface area (Å²) >= 11 is 0. The molecule has 3 aromatic carbocycles. The number of carbonyl (C=O) groups is 2. The highest BCUT2D eigenvalue weighted by molar-refractivity contribution is 7.92. The first kappa shape index (κ1) is 33.0. The number of amides is 2. The van der Waals surface area contributed by atoms with Crippen molar-refractivity contribution < 1.29 is 32.1 Å². The Hall–Kier alpha value is -4.52. The maximum absolute atomic E-state index is 14.7. The van der Waals surface area contributed by atoms with Crippen molar-refractivity contribution in [2.45, 2.75) is 51.1 Å². The number of halogens is 1. The SMILES string of the molecule is CCCCNC(=O)C(C)N(Cc1ccccc1F)C(=O)CN(c1ccc(OC)cc1)S(=O)(=O)c1ccc(C)c([N+](=O)[O-])c1. The van der Waals surface area contributed by atoms with Crippen molar-refractivity contribution in [2.75, 3.05) is 24.5 Å². The van der Waals surface area contributed by atoms with Gasteiger partial charge in [0.2, 0.25) is 11.8 Å². The smallest absolute Gasteiger partial charge is 0.273 e. The van der Waals surface area contributed by atoms with E-state index in [1.54, 1.807) is 6.07 Å². The highest BCUT2D eigenvalue weighted by Crippen LogP contribution is 2.29. The number of unbranched alkanes of at least 4 members (excludes halogenated alkanes) is 1. The summed E-state index contributed by atoms with van der Waals surface area (Å²) in [7, 11) is -3.12. The minimum atomic E-state index is -4.55. The van der Waals surface area contributed by atoms with Crippen LogP contribution in [0.5, 0.6) is 5.75 Å². The lowest BCUT2D eigenvalue weighted by Gasteiger charge is -2.32. The van der Waals surface area contributed by atoms with Crippen LogP contribution in [0.2, 0.25) is 0 Å². The molecule has 13 heteroatoms. The molecule has 1 N–H and O–H groups in total. The van der Waals surface area contributed by atoms with Crippen molar-refractivity contribution in [3.8, 4) is 5.75 Å². The molecule has 0 aromatic heterocycles. The molecule has 0 bridgehead atoms. The van der Waals surface area contributed by atoms with Gasteiger partial charge in [-0.1, -0.05) is 37.6 Å². The lowest BCUT2D eigenvalue weighted by atomic mass is 10.1. The van der Waals surface area contributed by atoms with Crippen molar-refractivity contribution in [1.82, 2.24) is 10.2 Å². The van der Waals surface area contributed by atoms with E-state index in [9.17, 15) is 32.5 Å². The Morgan fingerprint density at radius 2 is 1.77 bits per heavy atom. The number of ether oxygens (including phenoxy) is 1. The van der Waals surface area contributed by atoms with Crippen LogP contribution < -0.4 is 14.4 Å². The van der Waals surface area contributed by atoms with E-state index in [-0.39, 0.29) is 23.4 Å². The third-order valence-electron chi connectivity index (χ3n) is 6.90. The molecule has 1 unspecified atom stereocenters. The van der Waals surface area contributed by atoms with E-state index in [0.29, 0.717) is 18.7 Å². The average molecular weight is 615 g/mol. The monoisotopic (exact) mass is 614 g/mol. The Bertz CT molecular complexity index is 1560. The van der Waals surface area contributed by atoms with E-state index in [2.05, 4.69) is 5.32 Å². The van der Waals surface area contributed by atoms with Gasteiger partial charge in [-0.3, -0.25) is 24.0 Å². The number of nitrogens with zero attached hydrogens (tertiary/aromatic N) is 3. The maximum atomic E-state index is 14.7. The number of nitro groups is 1. The minimum absolute atomic E-state index is 0.0725. The van der Waals surface area contributed by atoms with E-state index < -0.39 is 55.7 Å². The molecule has 0 aliphatic heterocycles. The first-order valence-corrected chi connectivity index (χ1v) is 15.1. The first-order chi connectivity index (χ1) is 20.4. The second-order valence-corrected chi connectivity index (χ2v) is 11.7. The number of hydrogen-bond acceptors (Lipinski definition) is 7. The highest BCUT2D eigenvalue weighted by atomic mass is 32.2. The molecular formula is C30H35FN4O7S. The number of benzene rings is 3. The molecule has 3 aromatic rings. The summed E-state index contributed by atoms with van der Waals surface area (Å²) < 4.78 is 48.6. The zero-order valence-corrected chi connectivity index (χ0v) is 25.3. The largest absolute Gasteiger partial charge is 0.497 e. The molecule has 3 rings (SSSR count). The third kappa shape index (κ3) is 8.07. The molecule has 0 radical (unpaired) electrons. The summed E-state index contributed by atoms with van der Waals surface area (Å²) in [6.07, 6.45) is 1.55. The average Bonchev–Trinajstić information content (AvgIpc) is 2.99. The number of anilines is 1. The van der Waals surface area contributed by atoms with Gasteiger partial charge in [-0.05, 0) is 56.7 Å². The van der Waals surface area contributed by atoms with E-state index in [4.69, 9.17) is 4.74 Å². The van der Waals surface area contributed by atoms with Gasteiger partial charge in [0, 0.05) is 30.3 Å². The fourth-order valence-electron chi connectivity index (χ4n) is 4.28. The van der Waals surface area contributed by atoms with Gasteiger partial charge in [-0.15, -0.1) is 0 Å². The summed E-state index contributed by atoms with van der Waals surface area (Å²) in [5, 5.41) is 14.3. The number of nitro benzene ring substituents is 1. The van der Waals surface area contributed by atoms with E-state index in [0.717, 1.165) is 21.7 Å². The predicted octanol–water partition coefficient (Wildman–Crippen LogP) is 4.58. The van der Waals surface area contributed by atoms with Crippen molar-refractivity contribution in [2.24, 2.45) is 0 Å². The lowest BCUT2D eigenvalue weighted by Crippen LogP contribution is -2.51. The van der Waals surface area contributed by atoms with Crippen molar-refractivity contribution in [1.29, 1.82) is 0 Å². The maximum Gasteiger partial charge on any atom is 0.273 e. The minimum Gasteiger partial charge on any atom is -0.497 e. The molecule has 0 fully saturated rings. The molecule has 0 aliphatic carbocycles. The molecule has 0 saturated carbocycles. The summed E-state index contributed by atoms with van der Waals surface area (Å²) in [6.45, 7) is 4.21. The van der Waals surface area contributed by atoms with Gasteiger partial charge < -0.3 is 15.0 Å². The molecule has 230 valence electrons. The predicted molar refractivity (Wildman–Crippen MR) is 160 cm³/mol. The summed E-state index contributed by atoms with van der Waals surface area (Å²) in [5.41, 5.74) is 0.0657. The van der Waals surface area contributed by atoms with Crippen LogP contribution >= 0.6 is 0 Å². The molecular weight excluding hydrogens is 579 g/mol. The normalized spacial score (nSPS) is 11.8. The molecule has 0 heterocycles. The van der Waals surface area contributed by atoms with E-state index in [1.165, 1.54) is 75.6 Å². The highest BCUT2D eigenvalue weighted by Gasteiger charge is 2.33. The molecule has 2 amide bonds. The first-order valence-electron chi connectivity index (χ1n) is 13.6. The molecule has 43 heavy (non-hydrogen) atoms. The second-order valence-electron chi connectivity index (χ2n) is 9.85. The molecule has 11 nitrogen and oxygen atoms in total. The number of methoxy groups -OCH3 is 1. The van der Waals surface area contributed by atoms with Crippen LogP contribution in [0.4, 0.5) is 15.8 Å². The van der Waals surface area contributed by atoms with Crippen molar-refractivity contribution in [3.63, 3.8) is 0 Å². The topological polar surface area (TPSA) is 139 Å². The van der Waals surface area contributed by atoms with Gasteiger partial charge in [0.05, 0.1) is 22.6 Å². The van der Waals surface area contributed by atoms with Gasteiger partial charge in [-0.25, -0.2) is 12.8 Å². The zero-order chi connectivity index (χ0) is 31.7. The number of aryl methyl sites for hydroxylation is 1. The van der Waals surface area contributed by atoms with Crippen molar-refractivity contribution in [3.05, 3.63) is 93.8 Å². The fourth-order valence-corrected chi connectivity index (χ4v) is 5.71. The lowest BCUT2D eigenvalue weighted by molar-refractivity contribution is -0.385. The summed E-state index contributed by atoms with van der Waals surface area (Å²) in [5.74, 6) is -1.43.